The van der Waals surface area contributed by atoms with Crippen LogP contribution in [0.25, 0.3) is 0 Å². The van der Waals surface area contributed by atoms with Crippen LogP contribution in [0.4, 0.5) is 0 Å². The van der Waals surface area contributed by atoms with E-state index >= 15 is 0 Å². The summed E-state index contributed by atoms with van der Waals surface area (Å²) in [7, 11) is 0. The zero-order valence-electron chi connectivity index (χ0n) is 13.9. The lowest BCUT2D eigenvalue weighted by atomic mass is 9.99. The Balaban J connectivity index is 1.45. The molecule has 0 spiro atoms. The Morgan fingerprint density at radius 2 is 1.68 bits per heavy atom. The summed E-state index contributed by atoms with van der Waals surface area (Å²) < 4.78 is 18.0. The number of hydrogen-bond donors (Lipinski definition) is 1. The highest BCUT2D eigenvalue weighted by Gasteiger charge is 2.50. The number of alkyl halides is 1. The first-order valence-electron chi connectivity index (χ1n) is 8.65. The number of halogens is 1. The number of benzene rings is 2. The molecule has 2 fully saturated rings. The van der Waals surface area contributed by atoms with Gasteiger partial charge in [0.25, 0.3) is 0 Å². The Hall–Kier alpha value is -1.24. The summed E-state index contributed by atoms with van der Waals surface area (Å²) >= 11 is 3.76. The van der Waals surface area contributed by atoms with E-state index < -0.39 is 0 Å². The van der Waals surface area contributed by atoms with Crippen molar-refractivity contribution in [2.75, 3.05) is 6.61 Å². The van der Waals surface area contributed by atoms with Gasteiger partial charge in [-0.1, -0.05) is 76.6 Å². The lowest BCUT2D eigenvalue weighted by Gasteiger charge is -2.39. The Bertz CT molecular complexity index is 626. The van der Waals surface area contributed by atoms with Crippen LogP contribution >= 0.6 is 15.9 Å². The number of nitrogens with one attached hydrogen (secondary N) is 1. The third kappa shape index (κ3) is 3.96. The van der Waals surface area contributed by atoms with Gasteiger partial charge < -0.3 is 19.5 Å². The molecule has 0 saturated carbocycles. The van der Waals surface area contributed by atoms with Crippen molar-refractivity contribution < 1.29 is 14.2 Å². The fourth-order valence-corrected chi connectivity index (χ4v) is 4.16. The van der Waals surface area contributed by atoms with Crippen LogP contribution in [-0.2, 0) is 27.4 Å². The average Bonchev–Trinajstić information content (AvgIpc) is 3.11. The van der Waals surface area contributed by atoms with E-state index in [-0.39, 0.29) is 29.4 Å². The molecular formula is C20H22BrNO3. The minimum atomic E-state index is -0.213. The molecule has 1 N–H and O–H groups in total. The van der Waals surface area contributed by atoms with Gasteiger partial charge in [-0.3, -0.25) is 0 Å². The summed E-state index contributed by atoms with van der Waals surface area (Å²) in [5.41, 5.74) is 2.42. The Kier molecular flexibility index (Phi) is 5.48. The number of hydrogen-bond acceptors (Lipinski definition) is 4. The summed E-state index contributed by atoms with van der Waals surface area (Å²) in [6.45, 7) is 1.94. The zero-order chi connectivity index (χ0) is 17.1. The molecular weight excluding hydrogens is 382 g/mol. The van der Waals surface area contributed by atoms with Crippen molar-refractivity contribution in [3.63, 3.8) is 0 Å². The first-order chi connectivity index (χ1) is 12.3. The zero-order valence-corrected chi connectivity index (χ0v) is 15.5. The molecule has 0 radical (unpaired) electrons. The summed E-state index contributed by atoms with van der Waals surface area (Å²) in [4.78, 5) is 0.0516. The quantitative estimate of drug-likeness (QED) is 0.751. The molecule has 0 aliphatic carbocycles. The maximum absolute atomic E-state index is 6.27. The molecule has 132 valence electrons. The maximum Gasteiger partial charge on any atom is 0.172 e. The summed E-state index contributed by atoms with van der Waals surface area (Å²) in [5.74, 6) is 0. The molecule has 5 atom stereocenters. The van der Waals surface area contributed by atoms with Crippen molar-refractivity contribution in [1.29, 1.82) is 0 Å². The molecule has 2 aliphatic rings. The van der Waals surface area contributed by atoms with Gasteiger partial charge in [-0.25, -0.2) is 0 Å². The third-order valence-electron chi connectivity index (χ3n) is 4.73. The van der Waals surface area contributed by atoms with Gasteiger partial charge in [-0.2, -0.15) is 0 Å². The predicted molar refractivity (Wildman–Crippen MR) is 99.4 cm³/mol. The van der Waals surface area contributed by atoms with Gasteiger partial charge in [0, 0.05) is 6.54 Å². The highest BCUT2D eigenvalue weighted by molar-refractivity contribution is 9.09. The number of ether oxygens (including phenoxy) is 3. The van der Waals surface area contributed by atoms with Crippen LogP contribution in [0, 0.1) is 0 Å². The normalized spacial score (nSPS) is 31.2. The first-order valence-corrected chi connectivity index (χ1v) is 9.57. The smallest absolute Gasteiger partial charge is 0.172 e. The number of rotatable bonds is 6. The summed E-state index contributed by atoms with van der Waals surface area (Å²) in [6.07, 6.45) is -0.308. The molecule has 0 aromatic heterocycles. The number of fused-ring (bicyclic) bond motifs is 2. The van der Waals surface area contributed by atoms with E-state index in [0.29, 0.717) is 13.2 Å². The van der Waals surface area contributed by atoms with Gasteiger partial charge in [-0.15, -0.1) is 0 Å². The fraction of sp³-hybridized carbons (Fsp3) is 0.400. The van der Waals surface area contributed by atoms with Gasteiger partial charge in [0.05, 0.1) is 24.1 Å². The predicted octanol–water partition coefficient (Wildman–Crippen LogP) is 3.25. The Morgan fingerprint density at radius 1 is 1.00 bits per heavy atom. The van der Waals surface area contributed by atoms with E-state index in [1.165, 1.54) is 5.56 Å². The third-order valence-corrected chi connectivity index (χ3v) is 5.73. The van der Waals surface area contributed by atoms with Gasteiger partial charge >= 0.3 is 0 Å². The molecule has 2 aromatic rings. The van der Waals surface area contributed by atoms with Crippen molar-refractivity contribution >= 4 is 15.9 Å². The molecule has 5 heteroatoms. The van der Waals surface area contributed by atoms with Crippen LogP contribution in [-0.4, -0.2) is 36.0 Å². The molecule has 2 bridgehead atoms. The fourth-order valence-electron chi connectivity index (χ4n) is 3.40. The lowest BCUT2D eigenvalue weighted by molar-refractivity contribution is -0.146. The Labute approximate surface area is 156 Å². The summed E-state index contributed by atoms with van der Waals surface area (Å²) in [6, 6.07) is 20.8. The minimum absolute atomic E-state index is 0.0317. The van der Waals surface area contributed by atoms with Gasteiger partial charge in [-0.05, 0) is 11.1 Å². The molecule has 25 heavy (non-hydrogen) atoms. The molecule has 4 nitrogen and oxygen atoms in total. The van der Waals surface area contributed by atoms with E-state index in [1.807, 2.05) is 24.3 Å². The molecule has 4 rings (SSSR count). The van der Waals surface area contributed by atoms with E-state index in [4.69, 9.17) is 14.2 Å². The minimum Gasteiger partial charge on any atom is -0.369 e. The topological polar surface area (TPSA) is 39.7 Å². The van der Waals surface area contributed by atoms with Crippen LogP contribution in [0.3, 0.4) is 0 Å². The SMILES string of the molecule is Br[C@H]1[C@@H]2OC[C@@H](O2)[C@@H](OCc2ccccc2)[C@@H]1NCc1ccccc1. The Morgan fingerprint density at radius 3 is 2.40 bits per heavy atom. The lowest BCUT2D eigenvalue weighted by Crippen LogP contribution is -2.58. The molecule has 2 aromatic carbocycles. The van der Waals surface area contributed by atoms with Gasteiger partial charge in [0.1, 0.15) is 12.2 Å². The second kappa shape index (κ2) is 7.98. The van der Waals surface area contributed by atoms with E-state index in [2.05, 4.69) is 57.6 Å². The maximum atomic E-state index is 6.27. The van der Waals surface area contributed by atoms with Gasteiger partial charge in [0.15, 0.2) is 6.29 Å². The van der Waals surface area contributed by atoms with Crippen LogP contribution in [0.5, 0.6) is 0 Å². The van der Waals surface area contributed by atoms with Gasteiger partial charge in [0.2, 0.25) is 0 Å². The summed E-state index contributed by atoms with van der Waals surface area (Å²) in [5, 5.41) is 3.64. The first kappa shape index (κ1) is 17.2. The highest BCUT2D eigenvalue weighted by Crippen LogP contribution is 2.34. The average molecular weight is 404 g/mol. The van der Waals surface area contributed by atoms with Crippen molar-refractivity contribution in [2.24, 2.45) is 0 Å². The van der Waals surface area contributed by atoms with Crippen LogP contribution in [0.2, 0.25) is 0 Å². The monoisotopic (exact) mass is 403 g/mol. The molecule has 0 unspecified atom stereocenters. The van der Waals surface area contributed by atoms with E-state index in [1.54, 1.807) is 0 Å². The second-order valence-electron chi connectivity index (χ2n) is 6.47. The van der Waals surface area contributed by atoms with Crippen molar-refractivity contribution in [1.82, 2.24) is 5.32 Å². The van der Waals surface area contributed by atoms with Crippen molar-refractivity contribution in [3.8, 4) is 0 Å². The largest absolute Gasteiger partial charge is 0.369 e. The molecule has 2 heterocycles. The molecule has 2 saturated heterocycles. The standard InChI is InChI=1S/C20H22BrNO3/c21-17-18(22-11-14-7-3-1-4-8-14)19(16-13-24-20(17)25-16)23-12-15-9-5-2-6-10-15/h1-10,16-20,22H,11-13H2/t16-,17-,18-,19-,20-/m1/s1. The van der Waals surface area contributed by atoms with Crippen LogP contribution in [0.1, 0.15) is 11.1 Å². The van der Waals surface area contributed by atoms with E-state index in [0.717, 1.165) is 12.1 Å². The second-order valence-corrected chi connectivity index (χ2v) is 7.53. The van der Waals surface area contributed by atoms with Crippen LogP contribution in [0.15, 0.2) is 60.7 Å². The molecule has 0 amide bonds. The van der Waals surface area contributed by atoms with Crippen molar-refractivity contribution in [3.05, 3.63) is 71.8 Å². The van der Waals surface area contributed by atoms with Crippen LogP contribution < -0.4 is 5.32 Å². The van der Waals surface area contributed by atoms with Crippen molar-refractivity contribution in [2.45, 2.75) is 42.5 Å². The highest BCUT2D eigenvalue weighted by atomic mass is 79.9. The van der Waals surface area contributed by atoms with E-state index in [9.17, 15) is 0 Å². The molecule has 2 aliphatic heterocycles.